The number of aromatic nitrogens is 1. The minimum atomic E-state index is -4.40. The number of alkyl halides is 3. The van der Waals surface area contributed by atoms with Gasteiger partial charge in [0.2, 0.25) is 0 Å². The number of hydrogen-bond donors (Lipinski definition) is 1. The molecule has 3 rings (SSSR count). The topological polar surface area (TPSA) is 64.4 Å². The molecule has 5 nitrogen and oxygen atoms in total. The van der Waals surface area contributed by atoms with Crippen LogP contribution in [0.4, 0.5) is 13.2 Å². The van der Waals surface area contributed by atoms with Crippen LogP contribution in [0.15, 0.2) is 53.1 Å². The molecule has 0 saturated heterocycles. The van der Waals surface area contributed by atoms with Gasteiger partial charge in [-0.3, -0.25) is 4.79 Å². The summed E-state index contributed by atoms with van der Waals surface area (Å²) < 4.78 is 49.1. The van der Waals surface area contributed by atoms with Gasteiger partial charge < -0.3 is 14.6 Å². The average Bonchev–Trinajstić information content (AvgIpc) is 3.03. The third kappa shape index (κ3) is 4.82. The first-order valence-corrected chi connectivity index (χ1v) is 9.28. The summed E-state index contributed by atoms with van der Waals surface area (Å²) in [5.41, 5.74) is 1.67. The fourth-order valence-corrected chi connectivity index (χ4v) is 2.96. The molecule has 1 unspecified atom stereocenters. The molecule has 1 atom stereocenters. The van der Waals surface area contributed by atoms with Gasteiger partial charge in [-0.15, -0.1) is 0 Å². The van der Waals surface area contributed by atoms with Gasteiger partial charge in [0.25, 0.3) is 5.91 Å². The second-order valence-electron chi connectivity index (χ2n) is 6.90. The normalized spacial score (nSPS) is 12.5. The Kier molecular flexibility index (Phi) is 6.14. The number of para-hydroxylation sites is 1. The number of benzene rings is 2. The lowest BCUT2D eigenvalue weighted by atomic mass is 10.1. The van der Waals surface area contributed by atoms with Crippen molar-refractivity contribution >= 4 is 5.91 Å². The van der Waals surface area contributed by atoms with Crippen LogP contribution in [-0.4, -0.2) is 11.1 Å². The van der Waals surface area contributed by atoms with Gasteiger partial charge in [0.1, 0.15) is 18.1 Å². The number of nitrogens with one attached hydrogen (secondary N) is 1. The van der Waals surface area contributed by atoms with E-state index in [4.69, 9.17) is 9.26 Å². The molecule has 1 amide bonds. The summed E-state index contributed by atoms with van der Waals surface area (Å²) in [6.45, 7) is 5.48. The maximum atomic E-state index is 12.8. The Balaban J connectivity index is 1.71. The van der Waals surface area contributed by atoms with Gasteiger partial charge in [-0.2, -0.15) is 13.2 Å². The Hall–Kier alpha value is -3.29. The first-order chi connectivity index (χ1) is 14.2. The molecule has 0 radical (unpaired) electrons. The number of rotatable bonds is 6. The van der Waals surface area contributed by atoms with E-state index in [1.807, 2.05) is 0 Å². The quantitative estimate of drug-likeness (QED) is 0.584. The summed E-state index contributed by atoms with van der Waals surface area (Å²) >= 11 is 0. The monoisotopic (exact) mass is 418 g/mol. The molecule has 2 aromatic carbocycles. The van der Waals surface area contributed by atoms with Crippen LogP contribution in [-0.2, 0) is 12.8 Å². The smallest absolute Gasteiger partial charge is 0.416 e. The Morgan fingerprint density at radius 2 is 1.80 bits per heavy atom. The molecular formula is C22H21F3N2O3. The van der Waals surface area contributed by atoms with Crippen molar-refractivity contribution in [3.05, 3.63) is 82.2 Å². The van der Waals surface area contributed by atoms with Crippen LogP contribution >= 0.6 is 0 Å². The number of ether oxygens (including phenoxy) is 1. The van der Waals surface area contributed by atoms with Crippen LogP contribution < -0.4 is 10.1 Å². The van der Waals surface area contributed by atoms with Crippen molar-refractivity contribution in [3.63, 3.8) is 0 Å². The van der Waals surface area contributed by atoms with Gasteiger partial charge in [0.05, 0.1) is 28.4 Å². The molecule has 0 saturated carbocycles. The first-order valence-electron chi connectivity index (χ1n) is 9.28. The third-order valence-electron chi connectivity index (χ3n) is 4.77. The van der Waals surface area contributed by atoms with E-state index in [0.29, 0.717) is 28.3 Å². The lowest BCUT2D eigenvalue weighted by molar-refractivity contribution is -0.137. The fourth-order valence-electron chi connectivity index (χ4n) is 2.96. The molecule has 0 fully saturated rings. The zero-order chi connectivity index (χ0) is 21.9. The van der Waals surface area contributed by atoms with Gasteiger partial charge in [-0.1, -0.05) is 29.4 Å². The Morgan fingerprint density at radius 3 is 2.40 bits per heavy atom. The summed E-state index contributed by atoms with van der Waals surface area (Å²) in [6.07, 6.45) is -4.40. The molecule has 1 heterocycles. The van der Waals surface area contributed by atoms with Gasteiger partial charge >= 0.3 is 6.18 Å². The van der Waals surface area contributed by atoms with E-state index >= 15 is 0 Å². The zero-order valence-electron chi connectivity index (χ0n) is 16.7. The lowest BCUT2D eigenvalue weighted by Gasteiger charge is -2.17. The van der Waals surface area contributed by atoms with Crippen LogP contribution in [0.25, 0.3) is 0 Å². The fraction of sp³-hybridized carbons (Fsp3) is 0.273. The van der Waals surface area contributed by atoms with Crippen molar-refractivity contribution in [3.8, 4) is 5.75 Å². The minimum absolute atomic E-state index is 0.194. The molecule has 8 heteroatoms. The van der Waals surface area contributed by atoms with Crippen molar-refractivity contribution in [2.24, 2.45) is 0 Å². The maximum absolute atomic E-state index is 12.8. The largest absolute Gasteiger partial charge is 0.488 e. The minimum Gasteiger partial charge on any atom is -0.488 e. The lowest BCUT2D eigenvalue weighted by Crippen LogP contribution is -2.27. The second-order valence-corrected chi connectivity index (χ2v) is 6.90. The van der Waals surface area contributed by atoms with E-state index in [0.717, 1.165) is 17.7 Å². The van der Waals surface area contributed by atoms with E-state index in [9.17, 15) is 18.0 Å². The summed E-state index contributed by atoms with van der Waals surface area (Å²) in [5, 5.41) is 6.67. The van der Waals surface area contributed by atoms with Crippen LogP contribution in [0.5, 0.6) is 5.75 Å². The van der Waals surface area contributed by atoms with Gasteiger partial charge in [0, 0.05) is 0 Å². The number of nitrogens with zero attached hydrogens (tertiary/aromatic N) is 1. The Bertz CT molecular complexity index is 1010. The summed E-state index contributed by atoms with van der Waals surface area (Å²) in [7, 11) is 0. The second kappa shape index (κ2) is 8.61. The standard InChI is InChI=1S/C22H21F3N2O3/c1-13(16-8-10-17(11-9-16)22(23,24)25)26-21(28)18-6-4-5-7-20(18)29-12-19-14(2)27-30-15(19)3/h4-11,13H,12H2,1-3H3,(H,26,28). The van der Waals surface area contributed by atoms with Crippen molar-refractivity contribution < 1.29 is 27.2 Å². The van der Waals surface area contributed by atoms with E-state index in [2.05, 4.69) is 10.5 Å². The van der Waals surface area contributed by atoms with Gasteiger partial charge in [-0.25, -0.2) is 0 Å². The Labute approximate surface area is 171 Å². The van der Waals surface area contributed by atoms with Crippen molar-refractivity contribution in [2.75, 3.05) is 0 Å². The average molecular weight is 418 g/mol. The van der Waals surface area contributed by atoms with Gasteiger partial charge in [0.15, 0.2) is 0 Å². The highest BCUT2D eigenvalue weighted by atomic mass is 19.4. The zero-order valence-corrected chi connectivity index (χ0v) is 16.7. The number of hydrogen-bond acceptors (Lipinski definition) is 4. The van der Waals surface area contributed by atoms with E-state index in [1.54, 1.807) is 45.0 Å². The number of halogens is 3. The van der Waals surface area contributed by atoms with Crippen LogP contribution in [0.3, 0.4) is 0 Å². The molecule has 0 aliphatic rings. The highest BCUT2D eigenvalue weighted by Crippen LogP contribution is 2.30. The molecule has 0 aliphatic heterocycles. The number of carbonyl (C=O) groups excluding carboxylic acids is 1. The number of carbonyl (C=O) groups is 1. The number of aryl methyl sites for hydroxylation is 2. The molecule has 0 spiro atoms. The molecule has 3 aromatic rings. The van der Waals surface area contributed by atoms with Crippen molar-refractivity contribution in [2.45, 2.75) is 39.6 Å². The van der Waals surface area contributed by atoms with Crippen LogP contribution in [0.1, 0.15) is 51.5 Å². The molecule has 1 N–H and O–H groups in total. The SMILES string of the molecule is Cc1noc(C)c1COc1ccccc1C(=O)NC(C)c1ccc(C(F)(F)F)cc1. The maximum Gasteiger partial charge on any atom is 0.416 e. The van der Waals surface area contributed by atoms with Crippen molar-refractivity contribution in [1.82, 2.24) is 10.5 Å². The predicted molar refractivity (Wildman–Crippen MR) is 104 cm³/mol. The first kappa shape index (κ1) is 21.4. The molecule has 30 heavy (non-hydrogen) atoms. The highest BCUT2D eigenvalue weighted by Gasteiger charge is 2.30. The third-order valence-corrected chi connectivity index (χ3v) is 4.77. The summed E-state index contributed by atoms with van der Waals surface area (Å²) in [4.78, 5) is 12.8. The molecule has 0 aliphatic carbocycles. The predicted octanol–water partition coefficient (Wildman–Crippen LogP) is 5.38. The van der Waals surface area contributed by atoms with Crippen LogP contribution in [0.2, 0.25) is 0 Å². The van der Waals surface area contributed by atoms with E-state index in [-0.39, 0.29) is 6.61 Å². The van der Waals surface area contributed by atoms with Crippen molar-refractivity contribution in [1.29, 1.82) is 0 Å². The number of amides is 1. The van der Waals surface area contributed by atoms with Crippen LogP contribution in [0, 0.1) is 13.8 Å². The molecular weight excluding hydrogens is 397 g/mol. The highest BCUT2D eigenvalue weighted by molar-refractivity contribution is 5.97. The summed E-state index contributed by atoms with van der Waals surface area (Å²) in [5.74, 6) is 0.636. The molecule has 1 aromatic heterocycles. The molecule has 0 bridgehead atoms. The van der Waals surface area contributed by atoms with E-state index < -0.39 is 23.7 Å². The Morgan fingerprint density at radius 1 is 1.13 bits per heavy atom. The summed E-state index contributed by atoms with van der Waals surface area (Å²) in [6, 6.07) is 11.0. The molecule has 158 valence electrons. The van der Waals surface area contributed by atoms with Gasteiger partial charge in [-0.05, 0) is 50.6 Å². The van der Waals surface area contributed by atoms with E-state index in [1.165, 1.54) is 12.1 Å².